The smallest absolute Gasteiger partial charge is 0.243 e. The van der Waals surface area contributed by atoms with Crippen LogP contribution in [0, 0.1) is 12.7 Å². The van der Waals surface area contributed by atoms with Crippen LogP contribution in [-0.2, 0) is 16.6 Å². The summed E-state index contributed by atoms with van der Waals surface area (Å²) in [7, 11) is -0.505. The molecule has 0 radical (unpaired) electrons. The predicted octanol–water partition coefficient (Wildman–Crippen LogP) is 2.21. The fourth-order valence-corrected chi connectivity index (χ4v) is 4.29. The molecule has 2 heterocycles. The Balaban J connectivity index is 1.86. The standard InChI is InChI=1S/C18H24FN5O2S/c1-12-9-14(6-7-15(12)19)27(25,26)24(3)11-13-10-17(20-2)23-18(22-13)16-5-4-8-21-16/h6-7,9-10,16,21H,4-5,8,11H2,1-3H3,(H,20,22,23)/t16-/m1/s1. The van der Waals surface area contributed by atoms with Gasteiger partial charge >= 0.3 is 0 Å². The molecule has 3 rings (SSSR count). The number of nitrogens with one attached hydrogen (secondary N) is 2. The maximum absolute atomic E-state index is 13.5. The van der Waals surface area contributed by atoms with E-state index in [0.717, 1.165) is 19.4 Å². The Morgan fingerprint density at radius 3 is 2.74 bits per heavy atom. The maximum Gasteiger partial charge on any atom is 0.243 e. The quantitative estimate of drug-likeness (QED) is 0.783. The Kier molecular flexibility index (Phi) is 5.73. The highest BCUT2D eigenvalue weighted by molar-refractivity contribution is 7.89. The molecule has 1 fully saturated rings. The molecule has 1 aromatic heterocycles. The minimum absolute atomic E-state index is 0.0597. The first kappa shape index (κ1) is 19.7. The third-order valence-corrected chi connectivity index (χ3v) is 6.45. The van der Waals surface area contributed by atoms with Gasteiger partial charge < -0.3 is 10.6 Å². The molecule has 146 valence electrons. The number of nitrogens with zero attached hydrogens (tertiary/aromatic N) is 3. The lowest BCUT2D eigenvalue weighted by Crippen LogP contribution is -2.27. The molecule has 1 atom stereocenters. The Labute approximate surface area is 159 Å². The topological polar surface area (TPSA) is 87.2 Å². The van der Waals surface area contributed by atoms with Crippen molar-refractivity contribution in [1.82, 2.24) is 19.6 Å². The van der Waals surface area contributed by atoms with E-state index in [4.69, 9.17) is 0 Å². The molecule has 2 N–H and O–H groups in total. The SMILES string of the molecule is CNc1cc(CN(C)S(=O)(=O)c2ccc(F)c(C)c2)nc([C@H]2CCCN2)n1. The van der Waals surface area contributed by atoms with Gasteiger partial charge in [-0.05, 0) is 50.1 Å². The Hall–Kier alpha value is -2.10. The van der Waals surface area contributed by atoms with Crippen LogP contribution in [0.1, 0.15) is 36.0 Å². The van der Waals surface area contributed by atoms with Gasteiger partial charge in [0.15, 0.2) is 0 Å². The molecule has 0 spiro atoms. The highest BCUT2D eigenvalue weighted by atomic mass is 32.2. The van der Waals surface area contributed by atoms with Gasteiger partial charge in [0.25, 0.3) is 0 Å². The second kappa shape index (κ2) is 7.87. The monoisotopic (exact) mass is 393 g/mol. The van der Waals surface area contributed by atoms with E-state index >= 15 is 0 Å². The molecule has 7 nitrogen and oxygen atoms in total. The second-order valence-corrected chi connectivity index (χ2v) is 8.72. The normalized spacial score (nSPS) is 17.4. The van der Waals surface area contributed by atoms with Crippen molar-refractivity contribution in [3.8, 4) is 0 Å². The fourth-order valence-electron chi connectivity index (χ4n) is 3.06. The number of aromatic nitrogens is 2. The summed E-state index contributed by atoms with van der Waals surface area (Å²) < 4.78 is 40.3. The van der Waals surface area contributed by atoms with Gasteiger partial charge in [0.05, 0.1) is 23.2 Å². The first-order valence-electron chi connectivity index (χ1n) is 8.82. The number of rotatable bonds is 6. The van der Waals surface area contributed by atoms with Crippen LogP contribution in [0.5, 0.6) is 0 Å². The lowest BCUT2D eigenvalue weighted by Gasteiger charge is -2.19. The molecule has 2 aromatic rings. The van der Waals surface area contributed by atoms with Crippen LogP contribution < -0.4 is 10.6 Å². The molecule has 0 saturated carbocycles. The van der Waals surface area contributed by atoms with Crippen LogP contribution in [0.15, 0.2) is 29.2 Å². The molecule has 1 aliphatic heterocycles. The summed E-state index contributed by atoms with van der Waals surface area (Å²) in [6.45, 7) is 2.56. The number of aryl methyl sites for hydroxylation is 1. The van der Waals surface area contributed by atoms with Crippen LogP contribution in [0.2, 0.25) is 0 Å². The first-order chi connectivity index (χ1) is 12.8. The number of hydrogen-bond donors (Lipinski definition) is 2. The molecule has 1 aromatic carbocycles. The Morgan fingerprint density at radius 1 is 1.33 bits per heavy atom. The van der Waals surface area contributed by atoms with E-state index in [1.54, 1.807) is 20.0 Å². The molecule has 0 aliphatic carbocycles. The van der Waals surface area contributed by atoms with Crippen molar-refractivity contribution in [2.24, 2.45) is 0 Å². The Morgan fingerprint density at radius 2 is 2.11 bits per heavy atom. The van der Waals surface area contributed by atoms with E-state index < -0.39 is 15.8 Å². The van der Waals surface area contributed by atoms with E-state index in [1.165, 1.54) is 29.6 Å². The zero-order chi connectivity index (χ0) is 19.6. The summed E-state index contributed by atoms with van der Waals surface area (Å²) in [5.74, 6) is 0.879. The van der Waals surface area contributed by atoms with E-state index in [2.05, 4.69) is 20.6 Å². The highest BCUT2D eigenvalue weighted by Crippen LogP contribution is 2.23. The third kappa shape index (κ3) is 4.26. The number of anilines is 1. The molecular formula is C18H24FN5O2S. The van der Waals surface area contributed by atoms with Crippen LogP contribution in [0.3, 0.4) is 0 Å². The minimum Gasteiger partial charge on any atom is -0.373 e. The summed E-state index contributed by atoms with van der Waals surface area (Å²) in [5.41, 5.74) is 0.890. The van der Waals surface area contributed by atoms with Crippen molar-refractivity contribution in [3.63, 3.8) is 0 Å². The van der Waals surface area contributed by atoms with Gasteiger partial charge in [-0.25, -0.2) is 22.8 Å². The zero-order valence-corrected chi connectivity index (χ0v) is 16.5. The van der Waals surface area contributed by atoms with Crippen molar-refractivity contribution < 1.29 is 12.8 Å². The lowest BCUT2D eigenvalue weighted by atomic mass is 10.2. The number of hydrogen-bond acceptors (Lipinski definition) is 6. The Bertz CT molecular complexity index is 929. The van der Waals surface area contributed by atoms with E-state index in [1.807, 2.05) is 0 Å². The average Bonchev–Trinajstić information content (AvgIpc) is 3.18. The van der Waals surface area contributed by atoms with Crippen molar-refractivity contribution >= 4 is 15.8 Å². The summed E-state index contributed by atoms with van der Waals surface area (Å²) in [6, 6.07) is 5.61. The fraction of sp³-hybridized carbons (Fsp3) is 0.444. The number of sulfonamides is 1. The van der Waals surface area contributed by atoms with E-state index in [9.17, 15) is 12.8 Å². The first-order valence-corrected chi connectivity index (χ1v) is 10.3. The summed E-state index contributed by atoms with van der Waals surface area (Å²) in [5, 5.41) is 6.35. The molecule has 0 unspecified atom stereocenters. The molecule has 27 heavy (non-hydrogen) atoms. The summed E-state index contributed by atoms with van der Waals surface area (Å²) in [6.07, 6.45) is 2.01. The third-order valence-electron chi connectivity index (χ3n) is 4.65. The zero-order valence-electron chi connectivity index (χ0n) is 15.7. The maximum atomic E-state index is 13.5. The molecule has 1 saturated heterocycles. The van der Waals surface area contributed by atoms with Gasteiger partial charge in [0.1, 0.15) is 17.5 Å². The second-order valence-electron chi connectivity index (χ2n) is 6.67. The largest absolute Gasteiger partial charge is 0.373 e. The van der Waals surface area contributed by atoms with Crippen molar-refractivity contribution in [3.05, 3.63) is 47.2 Å². The molecule has 1 aliphatic rings. The predicted molar refractivity (Wildman–Crippen MR) is 101 cm³/mol. The van der Waals surface area contributed by atoms with E-state index in [0.29, 0.717) is 22.9 Å². The van der Waals surface area contributed by atoms with Crippen LogP contribution >= 0.6 is 0 Å². The number of benzene rings is 1. The lowest BCUT2D eigenvalue weighted by molar-refractivity contribution is 0.459. The molecular weight excluding hydrogens is 369 g/mol. The molecule has 9 heteroatoms. The van der Waals surface area contributed by atoms with Crippen LogP contribution in [0.25, 0.3) is 0 Å². The van der Waals surface area contributed by atoms with Crippen molar-refractivity contribution in [1.29, 1.82) is 0 Å². The number of halogens is 1. The van der Waals surface area contributed by atoms with Gasteiger partial charge in [-0.1, -0.05) is 0 Å². The highest BCUT2D eigenvalue weighted by Gasteiger charge is 2.24. The summed E-state index contributed by atoms with van der Waals surface area (Å²) >= 11 is 0. The van der Waals surface area contributed by atoms with Gasteiger partial charge in [-0.3, -0.25) is 0 Å². The van der Waals surface area contributed by atoms with Gasteiger partial charge in [-0.15, -0.1) is 0 Å². The van der Waals surface area contributed by atoms with Gasteiger partial charge in [0.2, 0.25) is 10.0 Å². The van der Waals surface area contributed by atoms with Crippen LogP contribution in [-0.4, -0.2) is 43.3 Å². The van der Waals surface area contributed by atoms with Crippen LogP contribution in [0.4, 0.5) is 10.2 Å². The van der Waals surface area contributed by atoms with Crippen molar-refractivity contribution in [2.45, 2.75) is 37.2 Å². The van der Waals surface area contributed by atoms with E-state index in [-0.39, 0.29) is 17.5 Å². The van der Waals surface area contributed by atoms with Crippen molar-refractivity contribution in [2.75, 3.05) is 26.0 Å². The average molecular weight is 393 g/mol. The molecule has 0 amide bonds. The molecule has 0 bridgehead atoms. The summed E-state index contributed by atoms with van der Waals surface area (Å²) in [4.78, 5) is 9.11. The van der Waals surface area contributed by atoms with Gasteiger partial charge in [0, 0.05) is 20.2 Å². The minimum atomic E-state index is -3.76. The van der Waals surface area contributed by atoms with Gasteiger partial charge in [-0.2, -0.15) is 4.31 Å².